The maximum absolute atomic E-state index is 14.1. The molecule has 0 radical (unpaired) electrons. The summed E-state index contributed by atoms with van der Waals surface area (Å²) in [5.41, 5.74) is 4.76. The average molecular weight is 839 g/mol. The van der Waals surface area contributed by atoms with Crippen molar-refractivity contribution in [3.05, 3.63) is 93.8 Å². The predicted octanol–water partition coefficient (Wildman–Crippen LogP) is 18.9. The molecule has 0 aromatic heterocycles. The second-order valence-corrected chi connectivity index (χ2v) is 18.1. The van der Waals surface area contributed by atoms with Gasteiger partial charge in [0, 0.05) is 24.8 Å². The summed E-state index contributed by atoms with van der Waals surface area (Å²) in [7, 11) is 0. The molecule has 0 saturated heterocycles. The van der Waals surface area contributed by atoms with Gasteiger partial charge in [-0.2, -0.15) is 4.39 Å². The lowest BCUT2D eigenvalue weighted by atomic mass is 10.0. The van der Waals surface area contributed by atoms with Crippen LogP contribution in [0.4, 0.5) is 15.8 Å². The maximum atomic E-state index is 14.1. The Hall–Kier alpha value is -3.47. The van der Waals surface area contributed by atoms with Crippen LogP contribution in [0.15, 0.2) is 66.7 Å². The summed E-state index contributed by atoms with van der Waals surface area (Å²) in [6, 6.07) is 21.5. The highest BCUT2D eigenvalue weighted by Crippen LogP contribution is 2.26. The van der Waals surface area contributed by atoms with Crippen LogP contribution in [-0.4, -0.2) is 18.0 Å². The van der Waals surface area contributed by atoms with E-state index in [9.17, 15) is 14.5 Å². The van der Waals surface area contributed by atoms with Crippen molar-refractivity contribution >= 4 is 23.5 Å². The monoisotopic (exact) mass is 839 g/mol. The molecule has 3 aromatic carbocycles. The van der Waals surface area contributed by atoms with Crippen molar-refractivity contribution in [1.29, 1.82) is 0 Å². The minimum Gasteiger partial charge on any atom is -0.372 e. The van der Waals surface area contributed by atoms with Crippen LogP contribution in [0.3, 0.4) is 0 Å². The fourth-order valence-corrected chi connectivity index (χ4v) is 8.69. The zero-order valence-electron chi connectivity index (χ0n) is 39.1. The molecule has 0 fully saturated rings. The summed E-state index contributed by atoms with van der Waals surface area (Å²) < 4.78 is 14.1. The van der Waals surface area contributed by atoms with E-state index >= 15 is 0 Å². The number of benzene rings is 3. The van der Waals surface area contributed by atoms with Crippen molar-refractivity contribution in [3.63, 3.8) is 0 Å². The maximum Gasteiger partial charge on any atom is 0.304 e. The Morgan fingerprint density at radius 1 is 0.443 bits per heavy atom. The predicted molar refractivity (Wildman–Crippen MR) is 265 cm³/mol. The number of hydrogen-bond donors (Lipinski definition) is 0. The summed E-state index contributed by atoms with van der Waals surface area (Å²) in [5.74, 6) is -0.820. The smallest absolute Gasteiger partial charge is 0.304 e. The van der Waals surface area contributed by atoms with E-state index in [2.05, 4.69) is 67.3 Å². The summed E-state index contributed by atoms with van der Waals surface area (Å²) >= 11 is 0. The summed E-state index contributed by atoms with van der Waals surface area (Å²) in [6.07, 6.45) is 48.5. The quantitative estimate of drug-likeness (QED) is 0.0249. The van der Waals surface area contributed by atoms with E-state index in [1.54, 1.807) is 12.1 Å². The number of hydrogen-bond acceptors (Lipinski definition) is 3. The zero-order chi connectivity index (χ0) is 43.4. The van der Waals surface area contributed by atoms with Crippen molar-refractivity contribution in [2.24, 2.45) is 0 Å². The van der Waals surface area contributed by atoms with Gasteiger partial charge in [-0.1, -0.05) is 255 Å². The van der Waals surface area contributed by atoms with Crippen molar-refractivity contribution in [2.45, 2.75) is 219 Å². The van der Waals surface area contributed by atoms with Crippen LogP contribution in [-0.2, 0) is 0 Å². The van der Waals surface area contributed by atoms with Gasteiger partial charge < -0.3 is 4.90 Å². The Morgan fingerprint density at radius 2 is 0.754 bits per heavy atom. The SMILES string of the molecule is CCCCCCCCCCCCCCCCCCN(CCCCCCCCCCCCCCCCCC)c1ccc(-c2ccc(C=Cc3ccc([N+](=O)[O-])c(F)c3)cc2)cc1. The number of nitrogens with zero attached hydrogens (tertiary/aromatic N) is 2. The van der Waals surface area contributed by atoms with Gasteiger partial charge in [0.1, 0.15) is 0 Å². The van der Waals surface area contributed by atoms with Gasteiger partial charge in [0.05, 0.1) is 4.92 Å². The topological polar surface area (TPSA) is 46.4 Å². The molecule has 0 aliphatic heterocycles. The Labute approximate surface area is 373 Å². The third-order valence-corrected chi connectivity index (χ3v) is 12.7. The normalized spacial score (nSPS) is 11.5. The highest BCUT2D eigenvalue weighted by atomic mass is 19.1. The molecule has 0 unspecified atom stereocenters. The highest BCUT2D eigenvalue weighted by Gasteiger charge is 2.13. The largest absolute Gasteiger partial charge is 0.372 e. The molecule has 0 amide bonds. The molecule has 4 nitrogen and oxygen atoms in total. The minimum absolute atomic E-state index is 0.504. The first-order chi connectivity index (χ1) is 30.0. The molecule has 340 valence electrons. The molecule has 61 heavy (non-hydrogen) atoms. The Balaban J connectivity index is 1.39. The van der Waals surface area contributed by atoms with Crippen LogP contribution in [0.5, 0.6) is 0 Å². The Morgan fingerprint density at radius 3 is 1.10 bits per heavy atom. The highest BCUT2D eigenvalue weighted by molar-refractivity contribution is 5.73. The van der Waals surface area contributed by atoms with Gasteiger partial charge in [0.2, 0.25) is 5.82 Å². The molecule has 0 spiro atoms. The number of unbranched alkanes of at least 4 members (excludes halogenated alkanes) is 30. The lowest BCUT2D eigenvalue weighted by Gasteiger charge is -2.25. The van der Waals surface area contributed by atoms with E-state index in [4.69, 9.17) is 0 Å². The molecule has 0 aliphatic rings. The molecule has 5 heteroatoms. The van der Waals surface area contributed by atoms with Crippen molar-refractivity contribution < 1.29 is 9.31 Å². The van der Waals surface area contributed by atoms with E-state index in [0.29, 0.717) is 5.56 Å². The first-order valence-electron chi connectivity index (χ1n) is 25.6. The molecule has 0 saturated carbocycles. The molecule has 0 atom stereocenters. The molecule has 0 N–H and O–H groups in total. The zero-order valence-corrected chi connectivity index (χ0v) is 39.1. The molecular formula is C56H87FN2O2. The first-order valence-corrected chi connectivity index (χ1v) is 25.6. The van der Waals surface area contributed by atoms with Crippen LogP contribution < -0.4 is 4.90 Å². The van der Waals surface area contributed by atoms with Crippen LogP contribution in [0, 0.1) is 15.9 Å². The Bertz CT molecular complexity index is 1500. The molecule has 0 heterocycles. The summed E-state index contributed by atoms with van der Waals surface area (Å²) in [4.78, 5) is 12.9. The Kier molecular flexibility index (Phi) is 29.8. The first kappa shape index (κ1) is 51.9. The van der Waals surface area contributed by atoms with E-state index in [0.717, 1.165) is 24.2 Å². The van der Waals surface area contributed by atoms with Crippen LogP contribution >= 0.6 is 0 Å². The number of rotatable bonds is 39. The minimum atomic E-state index is -0.820. The lowest BCUT2D eigenvalue weighted by molar-refractivity contribution is -0.387. The van der Waals surface area contributed by atoms with Crippen LogP contribution in [0.2, 0.25) is 0 Å². The summed E-state index contributed by atoms with van der Waals surface area (Å²) in [6.45, 7) is 6.86. The van der Waals surface area contributed by atoms with Gasteiger partial charge in [-0.3, -0.25) is 10.1 Å². The van der Waals surface area contributed by atoms with Gasteiger partial charge in [0.15, 0.2) is 0 Å². The van der Waals surface area contributed by atoms with E-state index in [-0.39, 0.29) is 0 Å². The third kappa shape index (κ3) is 24.7. The number of nitro groups is 1. The van der Waals surface area contributed by atoms with Gasteiger partial charge in [0.25, 0.3) is 0 Å². The van der Waals surface area contributed by atoms with Gasteiger partial charge >= 0.3 is 5.69 Å². The lowest BCUT2D eigenvalue weighted by Crippen LogP contribution is -2.25. The van der Waals surface area contributed by atoms with E-state index in [1.807, 2.05) is 6.08 Å². The number of halogens is 1. The van der Waals surface area contributed by atoms with Gasteiger partial charge in [-0.05, 0) is 59.4 Å². The average Bonchev–Trinajstić information content (AvgIpc) is 3.27. The van der Waals surface area contributed by atoms with Gasteiger partial charge in [-0.15, -0.1) is 0 Å². The standard InChI is InChI=1S/C56H87FN2O2/c1-3-5-7-9-11-13-15-17-19-21-23-25-27-29-31-33-47-58(48-34-32-30-28-26-24-22-20-18-16-14-12-10-8-6-4-2)54-44-42-53(43-45-54)52-40-37-50(38-41-52)35-36-51-39-46-56(59(60)61)55(57)49-51/h35-46,49H,3-34,47-48H2,1-2H3. The van der Waals surface area contributed by atoms with Crippen molar-refractivity contribution in [3.8, 4) is 11.1 Å². The van der Waals surface area contributed by atoms with Gasteiger partial charge in [-0.25, -0.2) is 0 Å². The van der Waals surface area contributed by atoms with Crippen LogP contribution in [0.1, 0.15) is 230 Å². The fourth-order valence-electron chi connectivity index (χ4n) is 8.69. The molecule has 0 aliphatic carbocycles. The fraction of sp³-hybridized carbons (Fsp3) is 0.643. The third-order valence-electron chi connectivity index (χ3n) is 12.7. The number of anilines is 1. The molecule has 0 bridgehead atoms. The second-order valence-electron chi connectivity index (χ2n) is 18.1. The number of nitro benzene ring substituents is 1. The van der Waals surface area contributed by atoms with Crippen molar-refractivity contribution in [2.75, 3.05) is 18.0 Å². The van der Waals surface area contributed by atoms with E-state index < -0.39 is 16.4 Å². The second kappa shape index (κ2) is 35.0. The van der Waals surface area contributed by atoms with Crippen LogP contribution in [0.25, 0.3) is 23.3 Å². The van der Waals surface area contributed by atoms with E-state index in [1.165, 1.54) is 229 Å². The molecular weight excluding hydrogens is 752 g/mol. The molecule has 3 rings (SSSR count). The molecule has 3 aromatic rings. The summed E-state index contributed by atoms with van der Waals surface area (Å²) in [5, 5.41) is 10.9. The van der Waals surface area contributed by atoms with Crippen molar-refractivity contribution in [1.82, 2.24) is 0 Å².